The van der Waals surface area contributed by atoms with Crippen molar-refractivity contribution in [2.75, 3.05) is 0 Å². The molecule has 0 amide bonds. The zero-order valence-corrected chi connectivity index (χ0v) is 6.79. The highest BCUT2D eigenvalue weighted by Crippen LogP contribution is 2.17. The molecule has 0 aromatic heterocycles. The van der Waals surface area contributed by atoms with Crippen LogP contribution in [-0.2, 0) is 0 Å². The summed E-state index contributed by atoms with van der Waals surface area (Å²) >= 11 is 0. The number of aliphatic hydroxyl groups is 2. The van der Waals surface area contributed by atoms with E-state index in [1.807, 2.05) is 0 Å². The van der Waals surface area contributed by atoms with Crippen molar-refractivity contribution in [2.24, 2.45) is 0 Å². The molecule has 0 saturated heterocycles. The maximum atomic E-state index is 9.14. The Labute approximate surface area is 60.7 Å². The SMILES string of the molecule is CC(C)(O)N(O)C(C)(C)O. The largest absolute Gasteiger partial charge is 0.374 e. The molecule has 0 fully saturated rings. The fourth-order valence-corrected chi connectivity index (χ4v) is 0.670. The summed E-state index contributed by atoms with van der Waals surface area (Å²) in [6, 6.07) is 0. The molecule has 0 aromatic rings. The van der Waals surface area contributed by atoms with E-state index >= 15 is 0 Å². The third-order valence-electron chi connectivity index (χ3n) is 1.04. The molecule has 0 bridgehead atoms. The van der Waals surface area contributed by atoms with Crippen molar-refractivity contribution in [3.05, 3.63) is 0 Å². The second-order valence-corrected chi connectivity index (χ2v) is 3.30. The first-order valence-corrected chi connectivity index (χ1v) is 3.09. The molecule has 4 heteroatoms. The van der Waals surface area contributed by atoms with E-state index in [0.717, 1.165) is 0 Å². The lowest BCUT2D eigenvalue weighted by Gasteiger charge is -2.36. The van der Waals surface area contributed by atoms with Gasteiger partial charge in [-0.1, -0.05) is 0 Å². The predicted molar refractivity (Wildman–Crippen MR) is 36.2 cm³/mol. The van der Waals surface area contributed by atoms with Crippen LogP contribution in [0.4, 0.5) is 0 Å². The fourth-order valence-electron chi connectivity index (χ4n) is 0.670. The molecule has 0 radical (unpaired) electrons. The van der Waals surface area contributed by atoms with Gasteiger partial charge in [0.25, 0.3) is 0 Å². The minimum absolute atomic E-state index is 0.486. The van der Waals surface area contributed by atoms with Crippen LogP contribution >= 0.6 is 0 Å². The minimum atomic E-state index is -1.42. The van der Waals surface area contributed by atoms with Gasteiger partial charge in [-0.15, -0.1) is 5.06 Å². The van der Waals surface area contributed by atoms with Crippen LogP contribution in [-0.4, -0.2) is 31.9 Å². The van der Waals surface area contributed by atoms with Crippen molar-refractivity contribution in [1.29, 1.82) is 0 Å². The molecule has 0 aliphatic heterocycles. The first-order chi connectivity index (χ1) is 4.15. The molecule has 0 heterocycles. The Morgan fingerprint density at radius 3 is 1.10 bits per heavy atom. The van der Waals surface area contributed by atoms with Gasteiger partial charge in [0.15, 0.2) is 0 Å². The van der Waals surface area contributed by atoms with Crippen molar-refractivity contribution in [3.63, 3.8) is 0 Å². The maximum absolute atomic E-state index is 9.14. The Kier molecular flexibility index (Phi) is 2.43. The molecule has 0 atom stereocenters. The summed E-state index contributed by atoms with van der Waals surface area (Å²) in [6.45, 7) is 5.52. The Balaban J connectivity index is 4.23. The molecule has 0 spiro atoms. The zero-order chi connectivity index (χ0) is 8.58. The van der Waals surface area contributed by atoms with Gasteiger partial charge in [0.05, 0.1) is 0 Å². The highest BCUT2D eigenvalue weighted by Gasteiger charge is 2.33. The maximum Gasteiger partial charge on any atom is 0.138 e. The zero-order valence-electron chi connectivity index (χ0n) is 6.79. The van der Waals surface area contributed by atoms with Crippen LogP contribution in [0, 0.1) is 0 Å². The van der Waals surface area contributed by atoms with E-state index in [1.54, 1.807) is 0 Å². The fraction of sp³-hybridized carbons (Fsp3) is 1.00. The van der Waals surface area contributed by atoms with E-state index in [2.05, 4.69) is 0 Å². The van der Waals surface area contributed by atoms with E-state index in [-0.39, 0.29) is 0 Å². The van der Waals surface area contributed by atoms with Crippen LogP contribution < -0.4 is 0 Å². The molecule has 0 unspecified atom stereocenters. The summed E-state index contributed by atoms with van der Waals surface area (Å²) in [6.07, 6.45) is 0. The molecule has 4 nitrogen and oxygen atoms in total. The monoisotopic (exact) mass is 149 g/mol. The van der Waals surface area contributed by atoms with Crippen molar-refractivity contribution >= 4 is 0 Å². The van der Waals surface area contributed by atoms with E-state index in [9.17, 15) is 0 Å². The number of rotatable bonds is 2. The normalized spacial score (nSPS) is 14.4. The van der Waals surface area contributed by atoms with E-state index in [0.29, 0.717) is 5.06 Å². The molecule has 3 N–H and O–H groups in total. The predicted octanol–water partition coefficient (Wildman–Crippen LogP) is 0.134. The van der Waals surface area contributed by atoms with Crippen LogP contribution in [0.5, 0.6) is 0 Å². The van der Waals surface area contributed by atoms with Gasteiger partial charge in [-0.3, -0.25) is 0 Å². The molecule has 62 valence electrons. The molecule has 0 aromatic carbocycles. The molecule has 0 aliphatic rings. The lowest BCUT2D eigenvalue weighted by atomic mass is 10.2. The highest BCUT2D eigenvalue weighted by atomic mass is 16.6. The summed E-state index contributed by atoms with van der Waals surface area (Å²) in [5.74, 6) is 0. The van der Waals surface area contributed by atoms with Gasteiger partial charge < -0.3 is 15.4 Å². The van der Waals surface area contributed by atoms with E-state index in [1.165, 1.54) is 27.7 Å². The number of hydroxylamine groups is 2. The molecule has 0 aliphatic carbocycles. The Hall–Kier alpha value is -0.160. The van der Waals surface area contributed by atoms with Gasteiger partial charge in [0.2, 0.25) is 0 Å². The second-order valence-electron chi connectivity index (χ2n) is 3.30. The summed E-state index contributed by atoms with van der Waals surface area (Å²) in [5.41, 5.74) is -2.84. The summed E-state index contributed by atoms with van der Waals surface area (Å²) in [7, 11) is 0. The van der Waals surface area contributed by atoms with Crippen molar-refractivity contribution < 1.29 is 15.4 Å². The van der Waals surface area contributed by atoms with Crippen molar-refractivity contribution in [3.8, 4) is 0 Å². The van der Waals surface area contributed by atoms with E-state index in [4.69, 9.17) is 15.4 Å². The van der Waals surface area contributed by atoms with Crippen LogP contribution in [0.3, 0.4) is 0 Å². The topological polar surface area (TPSA) is 63.9 Å². The second kappa shape index (κ2) is 2.47. The van der Waals surface area contributed by atoms with E-state index < -0.39 is 11.4 Å². The Morgan fingerprint density at radius 2 is 1.10 bits per heavy atom. The van der Waals surface area contributed by atoms with Gasteiger partial charge in [-0.05, 0) is 27.7 Å². The van der Waals surface area contributed by atoms with Gasteiger partial charge in [-0.25, -0.2) is 0 Å². The highest BCUT2D eigenvalue weighted by molar-refractivity contribution is 4.69. The average Bonchev–Trinajstić information content (AvgIpc) is 1.59. The third kappa shape index (κ3) is 2.62. The van der Waals surface area contributed by atoms with Crippen molar-refractivity contribution in [2.45, 2.75) is 39.1 Å². The lowest BCUT2D eigenvalue weighted by Crippen LogP contribution is -2.53. The third-order valence-corrected chi connectivity index (χ3v) is 1.04. The lowest BCUT2D eigenvalue weighted by molar-refractivity contribution is -0.341. The first kappa shape index (κ1) is 9.84. The van der Waals surface area contributed by atoms with Gasteiger partial charge in [-0.2, -0.15) is 0 Å². The smallest absolute Gasteiger partial charge is 0.138 e. The Morgan fingerprint density at radius 1 is 0.900 bits per heavy atom. The van der Waals surface area contributed by atoms with Gasteiger partial charge in [0, 0.05) is 0 Å². The van der Waals surface area contributed by atoms with Crippen LogP contribution in [0.2, 0.25) is 0 Å². The average molecular weight is 149 g/mol. The van der Waals surface area contributed by atoms with Crippen molar-refractivity contribution in [1.82, 2.24) is 5.06 Å². The molecule has 0 rings (SSSR count). The van der Waals surface area contributed by atoms with Gasteiger partial charge >= 0.3 is 0 Å². The standard InChI is InChI=1S/C6H15NO3/c1-5(2,8)7(10)6(3,4)9/h8-10H,1-4H3. The van der Waals surface area contributed by atoms with Crippen LogP contribution in [0.25, 0.3) is 0 Å². The number of nitrogens with zero attached hydrogens (tertiary/aromatic N) is 1. The van der Waals surface area contributed by atoms with Crippen LogP contribution in [0.1, 0.15) is 27.7 Å². The number of hydrogen-bond acceptors (Lipinski definition) is 4. The molecule has 0 saturated carbocycles. The molecular formula is C6H15NO3. The molecular weight excluding hydrogens is 134 g/mol. The summed E-state index contributed by atoms with van der Waals surface area (Å²) < 4.78 is 0. The summed E-state index contributed by atoms with van der Waals surface area (Å²) in [4.78, 5) is 0. The first-order valence-electron chi connectivity index (χ1n) is 3.09. The van der Waals surface area contributed by atoms with Gasteiger partial charge in [0.1, 0.15) is 11.4 Å². The minimum Gasteiger partial charge on any atom is -0.374 e. The molecule has 10 heavy (non-hydrogen) atoms. The number of hydrogen-bond donors (Lipinski definition) is 3. The summed E-state index contributed by atoms with van der Waals surface area (Å²) in [5, 5.41) is 27.8. The van der Waals surface area contributed by atoms with Crippen LogP contribution in [0.15, 0.2) is 0 Å². The Bertz CT molecular complexity index is 97.1. The quantitative estimate of drug-likeness (QED) is 0.386.